The molecule has 0 aliphatic carbocycles. The van der Waals surface area contributed by atoms with Crippen LogP contribution >= 0.6 is 11.6 Å². The van der Waals surface area contributed by atoms with E-state index in [0.717, 1.165) is 10.9 Å². The molecule has 1 aromatic heterocycles. The number of benzene rings is 2. The Kier molecular flexibility index (Phi) is 5.24. The molecule has 0 saturated carbocycles. The molecular weight excluding hydrogens is 367 g/mol. The lowest BCUT2D eigenvalue weighted by Crippen LogP contribution is -2.30. The summed E-state index contributed by atoms with van der Waals surface area (Å²) in [5, 5.41) is 3.75. The Morgan fingerprint density at radius 3 is 2.70 bits per heavy atom. The first-order valence-corrected chi connectivity index (χ1v) is 8.79. The monoisotopic (exact) mass is 384 g/mol. The van der Waals surface area contributed by atoms with E-state index in [9.17, 15) is 14.0 Å². The van der Waals surface area contributed by atoms with Crippen molar-refractivity contribution in [1.29, 1.82) is 0 Å². The van der Waals surface area contributed by atoms with Crippen LogP contribution in [0.5, 0.6) is 0 Å². The summed E-state index contributed by atoms with van der Waals surface area (Å²) in [7, 11) is 0. The van der Waals surface area contributed by atoms with Crippen molar-refractivity contribution in [2.45, 2.75) is 25.7 Å². The Hall–Kier alpha value is -2.79. The zero-order valence-corrected chi connectivity index (χ0v) is 15.7. The summed E-state index contributed by atoms with van der Waals surface area (Å²) in [6.45, 7) is 3.50. The number of carbonyl (C=O) groups is 2. The number of nitrogens with zero attached hydrogens (tertiary/aromatic N) is 1. The van der Waals surface area contributed by atoms with E-state index in [1.165, 1.54) is 18.2 Å². The topological polar surface area (TPSA) is 59.1 Å². The average Bonchev–Trinajstić information content (AvgIpc) is 2.63. The van der Waals surface area contributed by atoms with Gasteiger partial charge in [0, 0.05) is 23.0 Å². The molecule has 0 fully saturated rings. The van der Waals surface area contributed by atoms with Gasteiger partial charge < -0.3 is 5.32 Å². The zero-order chi connectivity index (χ0) is 19.6. The number of aromatic nitrogens is 1. The van der Waals surface area contributed by atoms with Crippen molar-refractivity contribution in [1.82, 2.24) is 4.98 Å². The van der Waals surface area contributed by atoms with Crippen LogP contribution in [-0.4, -0.2) is 16.7 Å². The molecule has 0 saturated heterocycles. The van der Waals surface area contributed by atoms with Crippen LogP contribution in [0.3, 0.4) is 0 Å². The second-order valence-electron chi connectivity index (χ2n) is 6.94. The van der Waals surface area contributed by atoms with E-state index in [4.69, 9.17) is 11.6 Å². The smallest absolute Gasteiger partial charge is 0.291 e. The molecule has 27 heavy (non-hydrogen) atoms. The molecule has 0 bridgehead atoms. The third-order valence-corrected chi connectivity index (χ3v) is 4.74. The van der Waals surface area contributed by atoms with Crippen LogP contribution in [0.1, 0.15) is 25.8 Å². The number of nitrogens with one attached hydrogen (secondary N) is 1. The van der Waals surface area contributed by atoms with Crippen molar-refractivity contribution in [2.75, 3.05) is 5.32 Å². The van der Waals surface area contributed by atoms with Crippen LogP contribution in [0.15, 0.2) is 54.7 Å². The predicted octanol–water partition coefficient (Wildman–Crippen LogP) is 4.90. The standard InChI is InChI=1S/C21H18ClFN2O2/c1-21(2,15-11-13(23)8-9-16(15)22)12-19(26)20(27)25-18-7-3-6-17-14(18)5-4-10-24-17/h3-11H,12H2,1-2H3,(H,25,27). The maximum atomic E-state index is 13.6. The molecule has 0 aliphatic heterocycles. The van der Waals surface area contributed by atoms with E-state index in [2.05, 4.69) is 10.3 Å². The normalized spacial score (nSPS) is 11.4. The minimum Gasteiger partial charge on any atom is -0.319 e. The van der Waals surface area contributed by atoms with Crippen molar-refractivity contribution in [2.24, 2.45) is 0 Å². The molecule has 6 heteroatoms. The van der Waals surface area contributed by atoms with Gasteiger partial charge in [-0.25, -0.2) is 4.39 Å². The van der Waals surface area contributed by atoms with Crippen molar-refractivity contribution in [3.63, 3.8) is 0 Å². The van der Waals surface area contributed by atoms with Crippen LogP contribution in [0.25, 0.3) is 10.9 Å². The predicted molar refractivity (Wildman–Crippen MR) is 104 cm³/mol. The van der Waals surface area contributed by atoms with E-state index < -0.39 is 22.9 Å². The highest BCUT2D eigenvalue weighted by Crippen LogP contribution is 2.33. The van der Waals surface area contributed by atoms with Crippen LogP contribution in [0, 0.1) is 5.82 Å². The van der Waals surface area contributed by atoms with Gasteiger partial charge in [0.25, 0.3) is 5.91 Å². The number of carbonyl (C=O) groups excluding carboxylic acids is 2. The molecule has 1 heterocycles. The summed E-state index contributed by atoms with van der Waals surface area (Å²) in [5.41, 5.74) is 0.920. The van der Waals surface area contributed by atoms with Crippen LogP contribution < -0.4 is 5.32 Å². The lowest BCUT2D eigenvalue weighted by atomic mass is 9.80. The Balaban J connectivity index is 1.79. The first-order valence-electron chi connectivity index (χ1n) is 8.41. The van der Waals surface area contributed by atoms with Gasteiger partial charge in [-0.2, -0.15) is 0 Å². The van der Waals surface area contributed by atoms with Gasteiger partial charge in [-0.1, -0.05) is 31.5 Å². The molecule has 0 unspecified atom stereocenters. The Morgan fingerprint density at radius 1 is 1.15 bits per heavy atom. The minimum absolute atomic E-state index is 0.106. The van der Waals surface area contributed by atoms with Gasteiger partial charge >= 0.3 is 0 Å². The summed E-state index contributed by atoms with van der Waals surface area (Å²) in [4.78, 5) is 29.2. The molecule has 4 nitrogen and oxygen atoms in total. The Labute approximate surface area is 161 Å². The van der Waals surface area contributed by atoms with Gasteiger partial charge in [0.1, 0.15) is 5.82 Å². The SMILES string of the molecule is CC(C)(CC(=O)C(=O)Nc1cccc2ncccc12)c1cc(F)ccc1Cl. The molecular formula is C21H18ClFN2O2. The van der Waals surface area contributed by atoms with E-state index in [0.29, 0.717) is 16.3 Å². The number of pyridine rings is 1. The first-order chi connectivity index (χ1) is 12.8. The fourth-order valence-corrected chi connectivity index (χ4v) is 3.37. The molecule has 0 spiro atoms. The molecule has 3 rings (SSSR count). The summed E-state index contributed by atoms with van der Waals surface area (Å²) in [5.74, 6) is -1.78. The quantitative estimate of drug-likeness (QED) is 0.636. The molecule has 138 valence electrons. The number of Topliss-reactive ketones (excluding diaryl/α,β-unsaturated/α-hetero) is 1. The second kappa shape index (κ2) is 7.45. The number of hydrogen-bond donors (Lipinski definition) is 1. The molecule has 0 radical (unpaired) electrons. The van der Waals surface area contributed by atoms with E-state index >= 15 is 0 Å². The number of ketones is 1. The van der Waals surface area contributed by atoms with Gasteiger partial charge in [0.05, 0.1) is 11.2 Å². The summed E-state index contributed by atoms with van der Waals surface area (Å²) < 4.78 is 13.6. The van der Waals surface area contributed by atoms with E-state index in [1.54, 1.807) is 38.2 Å². The number of anilines is 1. The number of fused-ring (bicyclic) bond motifs is 1. The molecule has 2 aromatic carbocycles. The molecule has 1 N–H and O–H groups in total. The maximum Gasteiger partial charge on any atom is 0.291 e. The molecule has 0 atom stereocenters. The van der Waals surface area contributed by atoms with Crippen molar-refractivity contribution >= 4 is 39.9 Å². The minimum atomic E-state index is -0.798. The highest BCUT2D eigenvalue weighted by Gasteiger charge is 2.30. The van der Waals surface area contributed by atoms with Crippen LogP contribution in [0.2, 0.25) is 5.02 Å². The number of hydrogen-bond acceptors (Lipinski definition) is 3. The maximum absolute atomic E-state index is 13.6. The van der Waals surface area contributed by atoms with Gasteiger partial charge in [-0.05, 0) is 53.4 Å². The van der Waals surface area contributed by atoms with Crippen molar-refractivity contribution < 1.29 is 14.0 Å². The lowest BCUT2D eigenvalue weighted by molar-refractivity contribution is -0.135. The molecule has 0 aliphatic rings. The largest absolute Gasteiger partial charge is 0.319 e. The van der Waals surface area contributed by atoms with Gasteiger partial charge in [-0.15, -0.1) is 0 Å². The molecule has 1 amide bonds. The lowest BCUT2D eigenvalue weighted by Gasteiger charge is -2.25. The van der Waals surface area contributed by atoms with Crippen molar-refractivity contribution in [3.8, 4) is 0 Å². The number of halogens is 2. The third kappa shape index (κ3) is 4.14. The average molecular weight is 385 g/mol. The third-order valence-electron chi connectivity index (χ3n) is 4.41. The number of rotatable bonds is 5. The zero-order valence-electron chi connectivity index (χ0n) is 14.9. The number of amides is 1. The summed E-state index contributed by atoms with van der Waals surface area (Å²) in [6.07, 6.45) is 1.55. The van der Waals surface area contributed by atoms with Crippen LogP contribution in [0.4, 0.5) is 10.1 Å². The molecule has 3 aromatic rings. The van der Waals surface area contributed by atoms with E-state index in [-0.39, 0.29) is 6.42 Å². The van der Waals surface area contributed by atoms with Crippen LogP contribution in [-0.2, 0) is 15.0 Å². The van der Waals surface area contributed by atoms with E-state index in [1.807, 2.05) is 12.1 Å². The summed E-state index contributed by atoms with van der Waals surface area (Å²) in [6, 6.07) is 12.9. The Bertz CT molecular complexity index is 1030. The fourth-order valence-electron chi connectivity index (χ4n) is 3.00. The second-order valence-corrected chi connectivity index (χ2v) is 7.34. The van der Waals surface area contributed by atoms with Gasteiger partial charge in [-0.3, -0.25) is 14.6 Å². The Morgan fingerprint density at radius 2 is 1.93 bits per heavy atom. The van der Waals surface area contributed by atoms with Gasteiger partial charge in [0.2, 0.25) is 5.78 Å². The highest BCUT2D eigenvalue weighted by atomic mass is 35.5. The first kappa shape index (κ1) is 19.0. The van der Waals surface area contributed by atoms with Gasteiger partial charge in [0.15, 0.2) is 0 Å². The summed E-state index contributed by atoms with van der Waals surface area (Å²) >= 11 is 6.15. The van der Waals surface area contributed by atoms with Crippen molar-refractivity contribution in [3.05, 3.63) is 71.1 Å². The fraction of sp³-hybridized carbons (Fsp3) is 0.190. The highest BCUT2D eigenvalue weighted by molar-refractivity contribution is 6.41.